The van der Waals surface area contributed by atoms with Gasteiger partial charge in [0.2, 0.25) is 0 Å². The van der Waals surface area contributed by atoms with Gasteiger partial charge >= 0.3 is 0 Å². The van der Waals surface area contributed by atoms with E-state index in [4.69, 9.17) is 21.9 Å². The van der Waals surface area contributed by atoms with Crippen molar-refractivity contribution in [2.75, 3.05) is 5.73 Å². The third-order valence-electron chi connectivity index (χ3n) is 2.77. The molecule has 3 aromatic rings. The number of hydrogen-bond donors (Lipinski definition) is 1. The summed E-state index contributed by atoms with van der Waals surface area (Å²) in [5.41, 5.74) is 8.38. The lowest BCUT2D eigenvalue weighted by atomic mass is 10.0. The minimum Gasteiger partial charge on any atom is -0.380 e. The van der Waals surface area contributed by atoms with Gasteiger partial charge in [-0.2, -0.15) is 0 Å². The van der Waals surface area contributed by atoms with Crippen molar-refractivity contribution in [2.24, 2.45) is 0 Å². The van der Waals surface area contributed by atoms with Crippen LogP contribution in [0.2, 0.25) is 5.02 Å². The van der Waals surface area contributed by atoms with E-state index in [0.717, 1.165) is 16.7 Å². The van der Waals surface area contributed by atoms with Gasteiger partial charge in [-0.1, -0.05) is 28.9 Å². The van der Waals surface area contributed by atoms with Gasteiger partial charge in [0.25, 0.3) is 0 Å². The summed E-state index contributed by atoms with van der Waals surface area (Å²) in [6.45, 7) is 0. The molecule has 0 aliphatic carbocycles. The van der Waals surface area contributed by atoms with Gasteiger partial charge in [0.1, 0.15) is 0 Å². The van der Waals surface area contributed by atoms with Gasteiger partial charge < -0.3 is 10.3 Å². The summed E-state index contributed by atoms with van der Waals surface area (Å²) in [5, 5.41) is 4.48. The molecule has 0 aliphatic rings. The Labute approximate surface area is 114 Å². The lowest BCUT2D eigenvalue weighted by molar-refractivity contribution is 0.436. The molecule has 0 spiro atoms. The van der Waals surface area contributed by atoms with E-state index < -0.39 is 0 Å². The second-order valence-corrected chi connectivity index (χ2v) is 4.45. The number of aromatic nitrogens is 2. The van der Waals surface area contributed by atoms with Gasteiger partial charge in [0, 0.05) is 23.0 Å². The number of hydrogen-bond acceptors (Lipinski definition) is 4. The summed E-state index contributed by atoms with van der Waals surface area (Å²) in [6, 6.07) is 11.1. The zero-order valence-corrected chi connectivity index (χ0v) is 10.6. The van der Waals surface area contributed by atoms with E-state index in [1.807, 2.05) is 30.3 Å². The Bertz CT molecular complexity index is 710. The number of benzene rings is 1. The number of nitrogen functional groups attached to an aromatic ring is 1. The molecule has 2 N–H and O–H groups in total. The Morgan fingerprint density at radius 1 is 1.05 bits per heavy atom. The summed E-state index contributed by atoms with van der Waals surface area (Å²) in [4.78, 5) is 3.98. The van der Waals surface area contributed by atoms with E-state index in [0.29, 0.717) is 16.6 Å². The Hall–Kier alpha value is -2.33. The third kappa shape index (κ3) is 2.18. The van der Waals surface area contributed by atoms with Crippen molar-refractivity contribution in [3.63, 3.8) is 0 Å². The monoisotopic (exact) mass is 271 g/mol. The summed E-state index contributed by atoms with van der Waals surface area (Å²) in [5.74, 6) is 0.955. The fraction of sp³-hybridized carbons (Fsp3) is 0. The molecule has 4 nitrogen and oxygen atoms in total. The summed E-state index contributed by atoms with van der Waals surface area (Å²) in [7, 11) is 0. The van der Waals surface area contributed by atoms with Gasteiger partial charge in [0.15, 0.2) is 11.6 Å². The first-order valence-corrected chi connectivity index (χ1v) is 6.05. The van der Waals surface area contributed by atoms with Gasteiger partial charge in [-0.3, -0.25) is 4.98 Å². The largest absolute Gasteiger partial charge is 0.380 e. The van der Waals surface area contributed by atoms with Crippen molar-refractivity contribution < 1.29 is 4.52 Å². The quantitative estimate of drug-likeness (QED) is 0.773. The molecule has 94 valence electrons. The second-order valence-electron chi connectivity index (χ2n) is 4.02. The maximum atomic E-state index is 6.01. The maximum Gasteiger partial charge on any atom is 0.177 e. The predicted molar refractivity (Wildman–Crippen MR) is 74.6 cm³/mol. The number of pyridine rings is 1. The number of halogens is 1. The van der Waals surface area contributed by atoms with Crippen LogP contribution in [0.15, 0.2) is 53.3 Å². The summed E-state index contributed by atoms with van der Waals surface area (Å²) in [6.07, 6.45) is 3.38. The zero-order valence-electron chi connectivity index (χ0n) is 9.88. The van der Waals surface area contributed by atoms with Crippen molar-refractivity contribution in [1.29, 1.82) is 0 Å². The maximum absolute atomic E-state index is 6.01. The topological polar surface area (TPSA) is 64.9 Å². The van der Waals surface area contributed by atoms with Crippen LogP contribution in [0.3, 0.4) is 0 Å². The van der Waals surface area contributed by atoms with Crippen LogP contribution >= 0.6 is 11.6 Å². The lowest BCUT2D eigenvalue weighted by Crippen LogP contribution is -1.89. The van der Waals surface area contributed by atoms with E-state index in [9.17, 15) is 0 Å². The van der Waals surface area contributed by atoms with E-state index in [1.54, 1.807) is 18.5 Å². The first kappa shape index (κ1) is 11.7. The Kier molecular flexibility index (Phi) is 2.93. The highest BCUT2D eigenvalue weighted by Gasteiger charge is 2.17. The fourth-order valence-electron chi connectivity index (χ4n) is 1.93. The van der Waals surface area contributed by atoms with Crippen molar-refractivity contribution in [1.82, 2.24) is 10.1 Å². The van der Waals surface area contributed by atoms with Crippen LogP contribution in [0.1, 0.15) is 0 Å². The van der Waals surface area contributed by atoms with E-state index >= 15 is 0 Å². The highest BCUT2D eigenvalue weighted by molar-refractivity contribution is 6.30. The molecule has 2 aromatic heterocycles. The molecule has 3 rings (SSSR count). The van der Waals surface area contributed by atoms with Gasteiger partial charge in [-0.05, 0) is 29.8 Å². The predicted octanol–water partition coefficient (Wildman–Crippen LogP) is 3.64. The van der Waals surface area contributed by atoms with Crippen molar-refractivity contribution in [3.05, 3.63) is 53.8 Å². The molecule has 19 heavy (non-hydrogen) atoms. The molecule has 1 aromatic carbocycles. The minimum atomic E-state index is 0.342. The van der Waals surface area contributed by atoms with Crippen LogP contribution in [0.25, 0.3) is 22.5 Å². The number of anilines is 1. The second kappa shape index (κ2) is 4.74. The highest BCUT2D eigenvalue weighted by atomic mass is 35.5. The Morgan fingerprint density at radius 2 is 1.84 bits per heavy atom. The van der Waals surface area contributed by atoms with E-state index in [-0.39, 0.29) is 0 Å². The molecule has 0 bridgehead atoms. The number of rotatable bonds is 2. The molecule has 0 fully saturated rings. The SMILES string of the molecule is Nc1noc(-c2ccncc2)c1-c1cccc(Cl)c1. The Balaban J connectivity index is 2.20. The first-order chi connectivity index (χ1) is 9.25. The van der Waals surface area contributed by atoms with Crippen LogP contribution in [0, 0.1) is 0 Å². The van der Waals surface area contributed by atoms with Crippen molar-refractivity contribution in [2.45, 2.75) is 0 Å². The standard InChI is InChI=1S/C14H10ClN3O/c15-11-3-1-2-10(8-11)12-13(19-18-14(12)16)9-4-6-17-7-5-9/h1-8H,(H2,16,18). The highest BCUT2D eigenvalue weighted by Crippen LogP contribution is 2.36. The molecule has 2 heterocycles. The van der Waals surface area contributed by atoms with E-state index in [1.165, 1.54) is 0 Å². The van der Waals surface area contributed by atoms with Crippen LogP contribution in [0.4, 0.5) is 5.82 Å². The zero-order chi connectivity index (χ0) is 13.2. The smallest absolute Gasteiger partial charge is 0.177 e. The molecule has 0 unspecified atom stereocenters. The van der Waals surface area contributed by atoms with Crippen molar-refractivity contribution in [3.8, 4) is 22.5 Å². The minimum absolute atomic E-state index is 0.342. The molecule has 0 saturated heterocycles. The van der Waals surface area contributed by atoms with Crippen LogP contribution in [0.5, 0.6) is 0 Å². The molecule has 5 heteroatoms. The van der Waals surface area contributed by atoms with Gasteiger partial charge in [-0.15, -0.1) is 0 Å². The summed E-state index contributed by atoms with van der Waals surface area (Å²) < 4.78 is 5.33. The normalized spacial score (nSPS) is 10.6. The molecule has 0 atom stereocenters. The van der Waals surface area contributed by atoms with Crippen molar-refractivity contribution >= 4 is 17.4 Å². The number of nitrogens with zero attached hydrogens (tertiary/aromatic N) is 2. The average molecular weight is 272 g/mol. The Morgan fingerprint density at radius 3 is 2.58 bits per heavy atom. The van der Waals surface area contributed by atoms with Crippen LogP contribution < -0.4 is 5.73 Å². The summed E-state index contributed by atoms with van der Waals surface area (Å²) >= 11 is 6.01. The number of nitrogens with two attached hydrogens (primary N) is 1. The third-order valence-corrected chi connectivity index (χ3v) is 3.01. The first-order valence-electron chi connectivity index (χ1n) is 5.67. The lowest BCUT2D eigenvalue weighted by Gasteiger charge is -2.03. The molecule has 0 radical (unpaired) electrons. The average Bonchev–Trinajstić information content (AvgIpc) is 2.82. The van der Waals surface area contributed by atoms with Crippen LogP contribution in [-0.2, 0) is 0 Å². The molecule has 0 amide bonds. The van der Waals surface area contributed by atoms with E-state index in [2.05, 4.69) is 10.1 Å². The molecular weight excluding hydrogens is 262 g/mol. The molecular formula is C14H10ClN3O. The fourth-order valence-corrected chi connectivity index (χ4v) is 2.12. The van der Waals surface area contributed by atoms with Gasteiger partial charge in [-0.25, -0.2) is 0 Å². The van der Waals surface area contributed by atoms with Gasteiger partial charge in [0.05, 0.1) is 5.56 Å². The molecule has 0 aliphatic heterocycles. The van der Waals surface area contributed by atoms with Crippen LogP contribution in [-0.4, -0.2) is 10.1 Å². The molecule has 0 saturated carbocycles.